The van der Waals surface area contributed by atoms with E-state index in [4.69, 9.17) is 15.9 Å². The number of amides is 3. The fraction of sp³-hybridized carbons (Fsp3) is 0.714. The molecule has 11 heteroatoms. The van der Waals surface area contributed by atoms with E-state index in [2.05, 4.69) is 23.3 Å². The number of aliphatic hydroxyl groups is 1. The van der Waals surface area contributed by atoms with Crippen molar-refractivity contribution in [2.45, 2.75) is 43.9 Å². The Labute approximate surface area is 150 Å². The van der Waals surface area contributed by atoms with Gasteiger partial charge in [0.15, 0.2) is 0 Å². The van der Waals surface area contributed by atoms with Gasteiger partial charge in [-0.3, -0.25) is 14.4 Å². The summed E-state index contributed by atoms with van der Waals surface area (Å²) in [7, 11) is 0. The van der Waals surface area contributed by atoms with Crippen molar-refractivity contribution < 1.29 is 29.4 Å². The molecule has 4 atom stereocenters. The minimum atomic E-state index is -1.15. The van der Waals surface area contributed by atoms with Crippen molar-refractivity contribution >= 4 is 36.3 Å². The van der Waals surface area contributed by atoms with Crippen LogP contribution in [0.5, 0.6) is 0 Å². The summed E-state index contributed by atoms with van der Waals surface area (Å²) in [5.74, 6) is -2.99. The summed E-state index contributed by atoms with van der Waals surface area (Å²) in [5, 5.41) is 22.7. The van der Waals surface area contributed by atoms with Crippen molar-refractivity contribution in [2.24, 2.45) is 5.73 Å². The van der Waals surface area contributed by atoms with Gasteiger partial charge in [0.2, 0.25) is 17.7 Å². The number of thiol groups is 1. The van der Waals surface area contributed by atoms with Crippen molar-refractivity contribution in [3.05, 3.63) is 0 Å². The molecule has 0 aliphatic carbocycles. The smallest absolute Gasteiger partial charge is 0.326 e. The zero-order chi connectivity index (χ0) is 19.1. The first-order valence-electron chi connectivity index (χ1n) is 7.84. The summed E-state index contributed by atoms with van der Waals surface area (Å²) in [4.78, 5) is 48.6. The third-order valence-electron chi connectivity index (χ3n) is 3.90. The Hall–Kier alpha value is -1.85. The number of hydrogen-bond donors (Lipinski definition) is 6. The van der Waals surface area contributed by atoms with Crippen molar-refractivity contribution in [3.63, 3.8) is 0 Å². The maximum absolute atomic E-state index is 12.5. The van der Waals surface area contributed by atoms with Crippen molar-refractivity contribution in [2.75, 3.05) is 18.9 Å². The molecule has 0 aromatic rings. The average Bonchev–Trinajstić information content (AvgIpc) is 3.07. The normalized spacial score (nSPS) is 20.5. The number of nitrogens with two attached hydrogens (primary N) is 1. The Kier molecular flexibility index (Phi) is 8.13. The second-order valence-corrected chi connectivity index (χ2v) is 6.16. The van der Waals surface area contributed by atoms with Crippen molar-refractivity contribution in [1.82, 2.24) is 15.5 Å². The van der Waals surface area contributed by atoms with E-state index in [1.54, 1.807) is 0 Å². The van der Waals surface area contributed by atoms with Crippen LogP contribution in [0.3, 0.4) is 0 Å². The molecule has 1 heterocycles. The standard InChI is InChI=1S/C14H24N4O6S/c1-7(16-12(21)8(15)5-19)11(20)17-9(6-25)13(22)18-4-2-3-10(18)14(23)24/h7-10,19,25H,2-6,15H2,1H3,(H,16,21)(H,17,20)(H,23,24). The molecule has 25 heavy (non-hydrogen) atoms. The molecule has 3 amide bonds. The summed E-state index contributed by atoms with van der Waals surface area (Å²) < 4.78 is 0. The Morgan fingerprint density at radius 2 is 1.92 bits per heavy atom. The third-order valence-corrected chi connectivity index (χ3v) is 4.27. The van der Waals surface area contributed by atoms with Crippen LogP contribution in [0.25, 0.3) is 0 Å². The fourth-order valence-electron chi connectivity index (χ4n) is 2.44. The summed E-state index contributed by atoms with van der Waals surface area (Å²) in [6.07, 6.45) is 0.932. The first-order chi connectivity index (χ1) is 11.7. The summed E-state index contributed by atoms with van der Waals surface area (Å²) in [5.41, 5.74) is 5.34. The van der Waals surface area contributed by atoms with E-state index in [0.29, 0.717) is 19.4 Å². The molecule has 6 N–H and O–H groups in total. The minimum absolute atomic E-state index is 0.0236. The molecule has 1 aliphatic rings. The quantitative estimate of drug-likeness (QED) is 0.251. The minimum Gasteiger partial charge on any atom is -0.480 e. The molecule has 0 aromatic heterocycles. The van der Waals surface area contributed by atoms with Gasteiger partial charge < -0.3 is 31.5 Å². The van der Waals surface area contributed by atoms with E-state index in [1.165, 1.54) is 11.8 Å². The summed E-state index contributed by atoms with van der Waals surface area (Å²) in [6.45, 7) is 1.13. The van der Waals surface area contributed by atoms with Gasteiger partial charge in [0.1, 0.15) is 24.2 Å². The lowest BCUT2D eigenvalue weighted by atomic mass is 10.2. The highest BCUT2D eigenvalue weighted by Gasteiger charge is 2.37. The van der Waals surface area contributed by atoms with Crippen LogP contribution >= 0.6 is 12.6 Å². The molecule has 0 spiro atoms. The van der Waals surface area contributed by atoms with Crippen LogP contribution in [0, 0.1) is 0 Å². The van der Waals surface area contributed by atoms with Gasteiger partial charge in [-0.05, 0) is 19.8 Å². The first-order valence-corrected chi connectivity index (χ1v) is 8.47. The molecular formula is C14H24N4O6S. The van der Waals surface area contributed by atoms with E-state index in [0.717, 1.165) is 0 Å². The maximum atomic E-state index is 12.5. The summed E-state index contributed by atoms with van der Waals surface area (Å²) in [6, 6.07) is -4.07. The third kappa shape index (κ3) is 5.58. The first kappa shape index (κ1) is 21.2. The molecule has 1 rings (SSSR count). The lowest BCUT2D eigenvalue weighted by Crippen LogP contribution is -2.57. The van der Waals surface area contributed by atoms with Crippen LogP contribution in [-0.2, 0) is 19.2 Å². The molecule has 1 saturated heterocycles. The lowest BCUT2D eigenvalue weighted by molar-refractivity contribution is -0.149. The molecule has 4 unspecified atom stereocenters. The second-order valence-electron chi connectivity index (χ2n) is 5.79. The number of carbonyl (C=O) groups is 4. The fourth-order valence-corrected chi connectivity index (χ4v) is 2.69. The van der Waals surface area contributed by atoms with Crippen LogP contribution in [0.1, 0.15) is 19.8 Å². The van der Waals surface area contributed by atoms with E-state index in [1.807, 2.05) is 0 Å². The number of carboxylic acids is 1. The Morgan fingerprint density at radius 1 is 1.28 bits per heavy atom. The van der Waals surface area contributed by atoms with Crippen LogP contribution in [0.2, 0.25) is 0 Å². The van der Waals surface area contributed by atoms with E-state index < -0.39 is 54.5 Å². The molecule has 10 nitrogen and oxygen atoms in total. The number of likely N-dealkylation sites (tertiary alicyclic amines) is 1. The number of aliphatic carboxylic acids is 1. The van der Waals surface area contributed by atoms with Gasteiger partial charge in [0.25, 0.3) is 0 Å². The van der Waals surface area contributed by atoms with Gasteiger partial charge in [-0.25, -0.2) is 4.79 Å². The maximum Gasteiger partial charge on any atom is 0.326 e. The molecule has 0 radical (unpaired) electrons. The van der Waals surface area contributed by atoms with Gasteiger partial charge in [-0.1, -0.05) is 0 Å². The molecule has 1 aliphatic heterocycles. The number of nitrogens with one attached hydrogen (secondary N) is 2. The van der Waals surface area contributed by atoms with Gasteiger partial charge >= 0.3 is 5.97 Å². The number of rotatable bonds is 8. The number of nitrogens with zero attached hydrogens (tertiary/aromatic N) is 1. The van der Waals surface area contributed by atoms with E-state index in [9.17, 15) is 19.2 Å². The van der Waals surface area contributed by atoms with Crippen LogP contribution < -0.4 is 16.4 Å². The van der Waals surface area contributed by atoms with Crippen molar-refractivity contribution in [3.8, 4) is 0 Å². The average molecular weight is 376 g/mol. The van der Waals surface area contributed by atoms with Gasteiger partial charge in [-0.2, -0.15) is 12.6 Å². The summed E-state index contributed by atoms with van der Waals surface area (Å²) >= 11 is 4.04. The molecule has 0 aromatic carbocycles. The van der Waals surface area contributed by atoms with Crippen LogP contribution in [0.4, 0.5) is 0 Å². The molecule has 0 bridgehead atoms. The van der Waals surface area contributed by atoms with Crippen LogP contribution in [-0.4, -0.2) is 81.9 Å². The second kappa shape index (κ2) is 9.59. The van der Waals surface area contributed by atoms with E-state index in [-0.39, 0.29) is 5.75 Å². The van der Waals surface area contributed by atoms with Crippen LogP contribution in [0.15, 0.2) is 0 Å². The van der Waals surface area contributed by atoms with E-state index >= 15 is 0 Å². The number of aliphatic hydroxyl groups excluding tert-OH is 1. The Bertz CT molecular complexity index is 531. The number of carbonyl (C=O) groups excluding carboxylic acids is 3. The molecular weight excluding hydrogens is 352 g/mol. The Balaban J connectivity index is 2.68. The topological polar surface area (TPSA) is 162 Å². The van der Waals surface area contributed by atoms with Gasteiger partial charge in [0, 0.05) is 12.3 Å². The highest BCUT2D eigenvalue weighted by molar-refractivity contribution is 7.80. The Morgan fingerprint density at radius 3 is 2.44 bits per heavy atom. The zero-order valence-electron chi connectivity index (χ0n) is 13.8. The molecule has 142 valence electrons. The monoisotopic (exact) mass is 376 g/mol. The lowest BCUT2D eigenvalue weighted by Gasteiger charge is -2.27. The zero-order valence-corrected chi connectivity index (χ0v) is 14.7. The number of hydrogen-bond acceptors (Lipinski definition) is 7. The van der Waals surface area contributed by atoms with Crippen molar-refractivity contribution in [1.29, 1.82) is 0 Å². The van der Waals surface area contributed by atoms with Gasteiger partial charge in [0.05, 0.1) is 6.61 Å². The molecule has 1 fully saturated rings. The highest BCUT2D eigenvalue weighted by atomic mass is 32.1. The molecule has 0 saturated carbocycles. The predicted octanol–water partition coefficient (Wildman–Crippen LogP) is -2.70. The largest absolute Gasteiger partial charge is 0.480 e. The van der Waals surface area contributed by atoms with Gasteiger partial charge in [-0.15, -0.1) is 0 Å². The number of carboxylic acid groups (broad SMARTS) is 1. The highest BCUT2D eigenvalue weighted by Crippen LogP contribution is 2.18. The predicted molar refractivity (Wildman–Crippen MR) is 90.8 cm³/mol. The SMILES string of the molecule is CC(NC(=O)C(N)CO)C(=O)NC(CS)C(=O)N1CCCC1C(=O)O.